The fraction of sp³-hybridized carbons (Fsp3) is 0.200. The second-order valence-electron chi connectivity index (χ2n) is 8.15. The Hall–Kier alpha value is -4.16. The smallest absolute Gasteiger partial charge is 0.258 e. The van der Waals surface area contributed by atoms with Crippen LogP contribution >= 0.6 is 0 Å². The van der Waals surface area contributed by atoms with Crippen molar-refractivity contribution in [3.05, 3.63) is 102 Å². The molecule has 0 spiro atoms. The van der Waals surface area contributed by atoms with Crippen molar-refractivity contribution < 1.29 is 19.1 Å². The van der Waals surface area contributed by atoms with Gasteiger partial charge in [0.2, 0.25) is 0 Å². The Bertz CT molecular complexity index is 1330. The van der Waals surface area contributed by atoms with Crippen LogP contribution in [0.3, 0.4) is 0 Å². The zero-order valence-electron chi connectivity index (χ0n) is 20.6. The predicted octanol–water partition coefficient (Wildman–Crippen LogP) is 6.17. The summed E-state index contributed by atoms with van der Waals surface area (Å²) >= 11 is 0. The predicted molar refractivity (Wildman–Crippen MR) is 144 cm³/mol. The van der Waals surface area contributed by atoms with Gasteiger partial charge in [0.25, 0.3) is 11.8 Å². The summed E-state index contributed by atoms with van der Waals surface area (Å²) in [4.78, 5) is 27.9. The number of nitrogens with one attached hydrogen (secondary N) is 1. The average Bonchev–Trinajstić information content (AvgIpc) is 2.92. The standard InChI is InChI=1S/C30H30N2O4/c1-3-32(28-14-8-10-22-9-5-6-13-27(22)28)30(34)23-15-17-25(18-16-23)31-29(33)24-11-7-12-26(21-24)36-20-19-35-4-2/h5-18,21H,3-4,19-20H2,1-2H3,(H,31,33). The van der Waals surface area contributed by atoms with Gasteiger partial charge in [-0.15, -0.1) is 0 Å². The molecule has 0 bridgehead atoms. The topological polar surface area (TPSA) is 67.9 Å². The summed E-state index contributed by atoms with van der Waals surface area (Å²) in [5.74, 6) is 0.260. The SMILES string of the molecule is CCOCCOc1cccc(C(=O)Nc2ccc(C(=O)N(CC)c3cccc4ccccc34)cc2)c1. The molecule has 0 atom stereocenters. The number of carbonyl (C=O) groups is 2. The third kappa shape index (κ3) is 5.90. The molecule has 0 aliphatic rings. The molecule has 4 aromatic carbocycles. The van der Waals surface area contributed by atoms with Crippen molar-refractivity contribution in [2.45, 2.75) is 13.8 Å². The van der Waals surface area contributed by atoms with E-state index in [9.17, 15) is 9.59 Å². The van der Waals surface area contributed by atoms with E-state index in [-0.39, 0.29) is 11.8 Å². The first-order valence-electron chi connectivity index (χ1n) is 12.1. The van der Waals surface area contributed by atoms with Gasteiger partial charge in [-0.3, -0.25) is 9.59 Å². The first kappa shape index (κ1) is 24.9. The number of benzene rings is 4. The van der Waals surface area contributed by atoms with Gasteiger partial charge >= 0.3 is 0 Å². The Morgan fingerprint density at radius 3 is 2.33 bits per heavy atom. The first-order chi connectivity index (χ1) is 17.6. The highest BCUT2D eigenvalue weighted by atomic mass is 16.5. The third-order valence-corrected chi connectivity index (χ3v) is 5.81. The van der Waals surface area contributed by atoms with Crippen LogP contribution in [-0.2, 0) is 4.74 Å². The molecule has 0 unspecified atom stereocenters. The summed E-state index contributed by atoms with van der Waals surface area (Å²) in [6.45, 7) is 5.97. The van der Waals surface area contributed by atoms with E-state index in [0.29, 0.717) is 48.9 Å². The number of rotatable bonds is 10. The first-order valence-corrected chi connectivity index (χ1v) is 12.1. The maximum Gasteiger partial charge on any atom is 0.258 e. The van der Waals surface area contributed by atoms with Gasteiger partial charge in [-0.05, 0) is 67.8 Å². The van der Waals surface area contributed by atoms with Crippen molar-refractivity contribution in [1.29, 1.82) is 0 Å². The highest BCUT2D eigenvalue weighted by Gasteiger charge is 2.18. The number of anilines is 2. The molecule has 0 fully saturated rings. The summed E-state index contributed by atoms with van der Waals surface area (Å²) in [6, 6.07) is 28.0. The quantitative estimate of drug-likeness (QED) is 0.274. The molecule has 0 aromatic heterocycles. The molecule has 0 saturated carbocycles. The van der Waals surface area contributed by atoms with E-state index < -0.39 is 0 Å². The minimum atomic E-state index is -0.254. The van der Waals surface area contributed by atoms with Gasteiger partial charge < -0.3 is 19.7 Å². The normalized spacial score (nSPS) is 10.7. The van der Waals surface area contributed by atoms with Crippen LogP contribution in [0.4, 0.5) is 11.4 Å². The van der Waals surface area contributed by atoms with Gasteiger partial charge in [0, 0.05) is 35.4 Å². The van der Waals surface area contributed by atoms with E-state index in [0.717, 1.165) is 16.5 Å². The van der Waals surface area contributed by atoms with E-state index in [1.165, 1.54) is 0 Å². The molecule has 6 heteroatoms. The zero-order valence-corrected chi connectivity index (χ0v) is 20.6. The number of carbonyl (C=O) groups excluding carboxylic acids is 2. The zero-order chi connectivity index (χ0) is 25.3. The molecule has 4 rings (SSSR count). The van der Waals surface area contributed by atoms with Crippen molar-refractivity contribution in [3.63, 3.8) is 0 Å². The van der Waals surface area contributed by atoms with Crippen LogP contribution in [0.5, 0.6) is 5.75 Å². The lowest BCUT2D eigenvalue weighted by Gasteiger charge is -2.23. The van der Waals surface area contributed by atoms with Crippen LogP contribution < -0.4 is 15.0 Å². The van der Waals surface area contributed by atoms with E-state index in [1.807, 2.05) is 56.3 Å². The molecule has 0 aliphatic carbocycles. The van der Waals surface area contributed by atoms with Gasteiger partial charge in [0.15, 0.2) is 0 Å². The van der Waals surface area contributed by atoms with Gasteiger partial charge in [-0.25, -0.2) is 0 Å². The van der Waals surface area contributed by atoms with Gasteiger partial charge in [0.05, 0.1) is 12.3 Å². The van der Waals surface area contributed by atoms with E-state index in [2.05, 4.69) is 5.32 Å². The monoisotopic (exact) mass is 482 g/mol. The maximum absolute atomic E-state index is 13.4. The minimum Gasteiger partial charge on any atom is -0.491 e. The van der Waals surface area contributed by atoms with Crippen molar-refractivity contribution in [2.24, 2.45) is 0 Å². The lowest BCUT2D eigenvalue weighted by atomic mass is 10.1. The van der Waals surface area contributed by atoms with Crippen LogP contribution in [0, 0.1) is 0 Å². The maximum atomic E-state index is 13.4. The van der Waals surface area contributed by atoms with Crippen molar-refractivity contribution in [3.8, 4) is 5.75 Å². The van der Waals surface area contributed by atoms with E-state index in [4.69, 9.17) is 9.47 Å². The highest BCUT2D eigenvalue weighted by molar-refractivity contribution is 6.11. The van der Waals surface area contributed by atoms with Crippen LogP contribution in [-0.4, -0.2) is 38.2 Å². The number of hydrogen-bond acceptors (Lipinski definition) is 4. The van der Waals surface area contributed by atoms with E-state index in [1.54, 1.807) is 53.4 Å². The minimum absolute atomic E-state index is 0.0939. The molecule has 6 nitrogen and oxygen atoms in total. The van der Waals surface area contributed by atoms with E-state index >= 15 is 0 Å². The Morgan fingerprint density at radius 1 is 0.806 bits per heavy atom. The van der Waals surface area contributed by atoms with Gasteiger partial charge in [0.1, 0.15) is 12.4 Å². The van der Waals surface area contributed by atoms with Crippen LogP contribution in [0.25, 0.3) is 10.8 Å². The van der Waals surface area contributed by atoms with Crippen molar-refractivity contribution in [2.75, 3.05) is 36.6 Å². The summed E-state index contributed by atoms with van der Waals surface area (Å²) in [5, 5.41) is 5.00. The van der Waals surface area contributed by atoms with Crippen molar-refractivity contribution in [1.82, 2.24) is 0 Å². The summed E-state index contributed by atoms with van der Waals surface area (Å²) in [5.41, 5.74) is 2.51. The molecule has 0 heterocycles. The van der Waals surface area contributed by atoms with Gasteiger partial charge in [-0.1, -0.05) is 42.5 Å². The molecule has 184 valence electrons. The molecule has 1 N–H and O–H groups in total. The number of ether oxygens (including phenoxy) is 2. The lowest BCUT2D eigenvalue weighted by Crippen LogP contribution is -2.30. The second-order valence-corrected chi connectivity index (χ2v) is 8.15. The average molecular weight is 483 g/mol. The summed E-state index contributed by atoms with van der Waals surface area (Å²) in [6.07, 6.45) is 0. The summed E-state index contributed by atoms with van der Waals surface area (Å²) in [7, 11) is 0. The molecule has 4 aromatic rings. The fourth-order valence-corrected chi connectivity index (χ4v) is 4.01. The molecule has 2 amide bonds. The Balaban J connectivity index is 1.44. The van der Waals surface area contributed by atoms with Crippen LogP contribution in [0.15, 0.2) is 91.0 Å². The Morgan fingerprint density at radius 2 is 1.56 bits per heavy atom. The molecule has 0 aliphatic heterocycles. The summed E-state index contributed by atoms with van der Waals surface area (Å²) < 4.78 is 10.9. The van der Waals surface area contributed by atoms with Gasteiger partial charge in [-0.2, -0.15) is 0 Å². The van der Waals surface area contributed by atoms with Crippen LogP contribution in [0.1, 0.15) is 34.6 Å². The number of nitrogens with zero attached hydrogens (tertiary/aromatic N) is 1. The number of fused-ring (bicyclic) bond motifs is 1. The second kappa shape index (κ2) is 12.0. The molecular formula is C30H30N2O4. The number of amides is 2. The molecule has 36 heavy (non-hydrogen) atoms. The van der Waals surface area contributed by atoms with Crippen LogP contribution in [0.2, 0.25) is 0 Å². The van der Waals surface area contributed by atoms with Crippen molar-refractivity contribution >= 4 is 34.0 Å². The largest absolute Gasteiger partial charge is 0.491 e. The Kier molecular flexibility index (Phi) is 8.32. The molecule has 0 radical (unpaired) electrons. The highest BCUT2D eigenvalue weighted by Crippen LogP contribution is 2.28. The third-order valence-electron chi connectivity index (χ3n) is 5.81. The lowest BCUT2D eigenvalue weighted by molar-refractivity contribution is 0.0987. The fourth-order valence-electron chi connectivity index (χ4n) is 4.01. The Labute approximate surface area is 211 Å². The number of hydrogen-bond donors (Lipinski definition) is 1. The molecule has 0 saturated heterocycles. The molecular weight excluding hydrogens is 452 g/mol.